The van der Waals surface area contributed by atoms with E-state index in [0.717, 1.165) is 56.1 Å². The Morgan fingerprint density at radius 3 is 2.29 bits per heavy atom. The van der Waals surface area contributed by atoms with E-state index >= 15 is 0 Å². The molecule has 4 rings (SSSR count). The highest BCUT2D eigenvalue weighted by atomic mass is 32.2. The van der Waals surface area contributed by atoms with Crippen LogP contribution in [0.3, 0.4) is 0 Å². The predicted octanol–water partition coefficient (Wildman–Crippen LogP) is 3.22. The van der Waals surface area contributed by atoms with Crippen molar-refractivity contribution in [2.75, 3.05) is 26.2 Å². The molecule has 2 aliphatic rings. The molecular weight excluding hydrogens is 374 g/mol. The summed E-state index contributed by atoms with van der Waals surface area (Å²) in [5, 5.41) is 0.906. The number of sulfonamides is 1. The lowest BCUT2D eigenvalue weighted by Gasteiger charge is -2.26. The smallest absolute Gasteiger partial charge is 0.243 e. The second kappa shape index (κ2) is 8.25. The molecule has 0 N–H and O–H groups in total. The molecule has 2 saturated heterocycles. The Balaban J connectivity index is 1.47. The predicted molar refractivity (Wildman–Crippen MR) is 110 cm³/mol. The maximum Gasteiger partial charge on any atom is 0.243 e. The summed E-state index contributed by atoms with van der Waals surface area (Å²) in [7, 11) is -3.42. The number of hydrogen-bond acceptors (Lipinski definition) is 3. The van der Waals surface area contributed by atoms with Gasteiger partial charge < -0.3 is 9.47 Å². The summed E-state index contributed by atoms with van der Waals surface area (Å²) < 4.78 is 29.4. The number of likely N-dealkylation sites (tertiary alicyclic amines) is 1. The van der Waals surface area contributed by atoms with Crippen LogP contribution < -0.4 is 0 Å². The van der Waals surface area contributed by atoms with E-state index in [2.05, 4.69) is 4.57 Å². The van der Waals surface area contributed by atoms with Crippen LogP contribution in [0.4, 0.5) is 0 Å². The minimum Gasteiger partial charge on any atom is -0.347 e. The van der Waals surface area contributed by atoms with E-state index in [1.54, 1.807) is 16.4 Å². The molecule has 28 heavy (non-hydrogen) atoms. The van der Waals surface area contributed by atoms with Crippen LogP contribution in [0, 0.1) is 0 Å². The van der Waals surface area contributed by atoms with Gasteiger partial charge in [-0.25, -0.2) is 8.42 Å². The maximum absolute atomic E-state index is 12.9. The van der Waals surface area contributed by atoms with E-state index in [1.807, 2.05) is 23.2 Å². The van der Waals surface area contributed by atoms with Gasteiger partial charge in [0.05, 0.1) is 4.90 Å². The third kappa shape index (κ3) is 3.96. The van der Waals surface area contributed by atoms with Crippen molar-refractivity contribution in [3.63, 3.8) is 0 Å². The molecule has 0 atom stereocenters. The third-order valence-corrected chi connectivity index (χ3v) is 7.87. The fraction of sp³-hybridized carbons (Fsp3) is 0.571. The van der Waals surface area contributed by atoms with Crippen LogP contribution in [0.1, 0.15) is 44.9 Å². The van der Waals surface area contributed by atoms with Crippen molar-refractivity contribution in [1.29, 1.82) is 0 Å². The second-order valence-corrected chi connectivity index (χ2v) is 9.82. The molecule has 2 aromatic rings. The molecule has 0 aliphatic carbocycles. The van der Waals surface area contributed by atoms with Crippen LogP contribution in [0.25, 0.3) is 10.9 Å². The standard InChI is InChI=1S/C21H29N3O3S/c25-21(23-11-3-1-4-12-23)10-16-22-15-9-18-17-19(7-8-20(18)22)28(26,27)24-13-5-2-6-14-24/h7-9,15,17H,1-6,10-14,16H2. The van der Waals surface area contributed by atoms with Crippen molar-refractivity contribution >= 4 is 26.8 Å². The molecule has 0 saturated carbocycles. The normalized spacial score (nSPS) is 19.2. The summed E-state index contributed by atoms with van der Waals surface area (Å²) in [6.07, 6.45) is 8.83. The molecule has 1 aromatic heterocycles. The maximum atomic E-state index is 12.9. The van der Waals surface area contributed by atoms with Crippen LogP contribution in [-0.4, -0.2) is 54.3 Å². The van der Waals surface area contributed by atoms with Crippen molar-refractivity contribution in [3.05, 3.63) is 30.5 Å². The summed E-state index contributed by atoms with van der Waals surface area (Å²) in [6.45, 7) is 3.60. The molecule has 0 spiro atoms. The molecule has 0 bridgehead atoms. The zero-order valence-electron chi connectivity index (χ0n) is 16.3. The van der Waals surface area contributed by atoms with Gasteiger partial charge in [-0.05, 0) is 56.4 Å². The molecule has 0 unspecified atom stereocenters. The first-order valence-corrected chi connectivity index (χ1v) is 11.9. The summed E-state index contributed by atoms with van der Waals surface area (Å²) in [4.78, 5) is 14.8. The van der Waals surface area contributed by atoms with E-state index in [4.69, 9.17) is 0 Å². The van der Waals surface area contributed by atoms with Crippen LogP contribution in [-0.2, 0) is 21.4 Å². The highest BCUT2D eigenvalue weighted by Gasteiger charge is 2.26. The van der Waals surface area contributed by atoms with Gasteiger partial charge in [0.2, 0.25) is 15.9 Å². The molecule has 3 heterocycles. The van der Waals surface area contributed by atoms with Crippen LogP contribution in [0.5, 0.6) is 0 Å². The van der Waals surface area contributed by atoms with Gasteiger partial charge in [-0.1, -0.05) is 6.42 Å². The monoisotopic (exact) mass is 403 g/mol. The molecule has 7 heteroatoms. The highest BCUT2D eigenvalue weighted by Crippen LogP contribution is 2.25. The molecule has 2 aliphatic heterocycles. The number of benzene rings is 1. The van der Waals surface area contributed by atoms with Crippen molar-refractivity contribution in [2.24, 2.45) is 0 Å². The first-order chi connectivity index (χ1) is 13.6. The van der Waals surface area contributed by atoms with Gasteiger partial charge in [0.25, 0.3) is 0 Å². The van der Waals surface area contributed by atoms with E-state index in [1.165, 1.54) is 6.42 Å². The average molecular weight is 404 g/mol. The second-order valence-electron chi connectivity index (χ2n) is 7.89. The van der Waals surface area contributed by atoms with Gasteiger partial charge in [0.1, 0.15) is 0 Å². The molecule has 0 radical (unpaired) electrons. The molecular formula is C21H29N3O3S. The quantitative estimate of drug-likeness (QED) is 0.770. The number of rotatable bonds is 5. The molecule has 1 amide bonds. The van der Waals surface area contributed by atoms with Crippen molar-refractivity contribution in [2.45, 2.75) is 56.4 Å². The summed E-state index contributed by atoms with van der Waals surface area (Å²) in [6, 6.07) is 7.28. The lowest BCUT2D eigenvalue weighted by molar-refractivity contribution is -0.132. The lowest BCUT2D eigenvalue weighted by atomic mass is 10.1. The van der Waals surface area contributed by atoms with Crippen molar-refractivity contribution < 1.29 is 13.2 Å². The Labute approximate surface area is 167 Å². The number of amides is 1. The number of hydrogen-bond donors (Lipinski definition) is 0. The van der Waals surface area contributed by atoms with E-state index in [-0.39, 0.29) is 5.91 Å². The number of carbonyl (C=O) groups excluding carboxylic acids is 1. The Bertz CT molecular complexity index is 939. The number of nitrogens with zero attached hydrogens (tertiary/aromatic N) is 3. The highest BCUT2D eigenvalue weighted by molar-refractivity contribution is 7.89. The minimum atomic E-state index is -3.42. The van der Waals surface area contributed by atoms with Gasteiger partial charge in [-0.2, -0.15) is 4.31 Å². The van der Waals surface area contributed by atoms with Gasteiger partial charge in [0, 0.05) is 56.2 Å². The largest absolute Gasteiger partial charge is 0.347 e. The van der Waals surface area contributed by atoms with Gasteiger partial charge in [-0.3, -0.25) is 4.79 Å². The Kier molecular flexibility index (Phi) is 5.73. The van der Waals surface area contributed by atoms with E-state index < -0.39 is 10.0 Å². The Hall–Kier alpha value is -1.86. The number of aryl methyl sites for hydroxylation is 1. The first kappa shape index (κ1) is 19.5. The van der Waals surface area contributed by atoms with E-state index in [0.29, 0.717) is 31.0 Å². The minimum absolute atomic E-state index is 0.214. The molecule has 1 aromatic carbocycles. The van der Waals surface area contributed by atoms with E-state index in [9.17, 15) is 13.2 Å². The fourth-order valence-electron chi connectivity index (χ4n) is 4.31. The van der Waals surface area contributed by atoms with Crippen LogP contribution >= 0.6 is 0 Å². The molecule has 152 valence electrons. The number of aromatic nitrogens is 1. The summed E-state index contributed by atoms with van der Waals surface area (Å²) >= 11 is 0. The van der Waals surface area contributed by atoms with Gasteiger partial charge >= 0.3 is 0 Å². The van der Waals surface area contributed by atoms with Crippen molar-refractivity contribution in [1.82, 2.24) is 13.8 Å². The zero-order chi connectivity index (χ0) is 19.6. The first-order valence-electron chi connectivity index (χ1n) is 10.4. The zero-order valence-corrected chi connectivity index (χ0v) is 17.2. The lowest BCUT2D eigenvalue weighted by Crippen LogP contribution is -2.36. The topological polar surface area (TPSA) is 62.6 Å². The fourth-order valence-corrected chi connectivity index (χ4v) is 5.86. The molecule has 2 fully saturated rings. The summed E-state index contributed by atoms with van der Waals surface area (Å²) in [5.41, 5.74) is 0.976. The summed E-state index contributed by atoms with van der Waals surface area (Å²) in [5.74, 6) is 0.214. The van der Waals surface area contributed by atoms with Gasteiger partial charge in [-0.15, -0.1) is 0 Å². The number of piperidine rings is 2. The SMILES string of the molecule is O=C(CCn1ccc2cc(S(=O)(=O)N3CCCCC3)ccc21)N1CCCCC1. The molecule has 6 nitrogen and oxygen atoms in total. The van der Waals surface area contributed by atoms with Crippen LogP contribution in [0.2, 0.25) is 0 Å². The van der Waals surface area contributed by atoms with Crippen LogP contribution in [0.15, 0.2) is 35.4 Å². The van der Waals surface area contributed by atoms with Gasteiger partial charge in [0.15, 0.2) is 0 Å². The average Bonchev–Trinajstić information content (AvgIpc) is 3.15. The Morgan fingerprint density at radius 2 is 1.57 bits per heavy atom. The number of fused-ring (bicyclic) bond motifs is 1. The third-order valence-electron chi connectivity index (χ3n) is 5.97. The van der Waals surface area contributed by atoms with Crippen molar-refractivity contribution in [3.8, 4) is 0 Å². The Morgan fingerprint density at radius 1 is 0.893 bits per heavy atom. The number of carbonyl (C=O) groups is 1.